The Morgan fingerprint density at radius 1 is 1.07 bits per heavy atom. The molecule has 252 valence electrons. The molecule has 2 aromatic rings. The van der Waals surface area contributed by atoms with Gasteiger partial charge in [0.05, 0.1) is 37.2 Å². The van der Waals surface area contributed by atoms with Crippen LogP contribution in [0.4, 0.5) is 8.78 Å². The van der Waals surface area contributed by atoms with Gasteiger partial charge < -0.3 is 24.1 Å². The number of nitrogens with zero attached hydrogens (tertiary/aromatic N) is 3. The van der Waals surface area contributed by atoms with Crippen molar-refractivity contribution in [3.05, 3.63) is 41.6 Å². The number of aryl methyl sites for hydroxylation is 1. The molecule has 1 aliphatic rings. The van der Waals surface area contributed by atoms with E-state index in [0.717, 1.165) is 0 Å². The summed E-state index contributed by atoms with van der Waals surface area (Å²) in [4.78, 5) is 39.6. The highest BCUT2D eigenvalue weighted by atomic mass is 32.2. The molecule has 1 aromatic carbocycles. The maximum atomic E-state index is 13.0. The van der Waals surface area contributed by atoms with Gasteiger partial charge in [-0.25, -0.2) is 8.42 Å². The lowest BCUT2D eigenvalue weighted by Crippen LogP contribution is -2.44. The van der Waals surface area contributed by atoms with Crippen LogP contribution in [0.15, 0.2) is 28.7 Å². The van der Waals surface area contributed by atoms with E-state index in [9.17, 15) is 31.6 Å². The zero-order valence-electron chi connectivity index (χ0n) is 26.5. The summed E-state index contributed by atoms with van der Waals surface area (Å²) >= 11 is 0. The number of terminal acetylenes is 1. The van der Waals surface area contributed by atoms with Gasteiger partial charge in [-0.3, -0.25) is 14.4 Å². The van der Waals surface area contributed by atoms with Crippen LogP contribution in [0.2, 0.25) is 0 Å². The van der Waals surface area contributed by atoms with E-state index in [1.807, 2.05) is 13.8 Å². The SMILES string of the molecule is C#C.CC.CCC.CCc1nnc(C(=O)CNC(=O)C(CC(=O)N2CCOCC2)CS(=O)(=O)Cc2ccccc2OC(F)F)o1. The van der Waals surface area contributed by atoms with Crippen LogP contribution in [0.5, 0.6) is 5.75 Å². The molecule has 3 rings (SSSR count). The van der Waals surface area contributed by atoms with Crippen molar-refractivity contribution in [2.75, 3.05) is 38.6 Å². The summed E-state index contributed by atoms with van der Waals surface area (Å²) in [6.07, 6.45) is 9.21. The van der Waals surface area contributed by atoms with Gasteiger partial charge in [0.15, 0.2) is 9.84 Å². The molecule has 15 heteroatoms. The Balaban J connectivity index is 0.00000256. The topological polar surface area (TPSA) is 158 Å². The number of halogens is 2. The minimum atomic E-state index is -4.11. The second-order valence-corrected chi connectivity index (χ2v) is 11.2. The maximum absolute atomic E-state index is 13.0. The highest BCUT2D eigenvalue weighted by Gasteiger charge is 2.31. The summed E-state index contributed by atoms with van der Waals surface area (Å²) in [5.41, 5.74) is -0.0234. The fraction of sp³-hybridized carbons (Fsp3) is 0.567. The van der Waals surface area contributed by atoms with Crippen molar-refractivity contribution >= 4 is 27.4 Å². The van der Waals surface area contributed by atoms with Gasteiger partial charge >= 0.3 is 6.61 Å². The molecule has 0 aliphatic carbocycles. The Hall–Kier alpha value is -3.90. The molecule has 1 N–H and O–H groups in total. The summed E-state index contributed by atoms with van der Waals surface area (Å²) < 4.78 is 66.3. The highest BCUT2D eigenvalue weighted by Crippen LogP contribution is 2.24. The van der Waals surface area contributed by atoms with Crippen molar-refractivity contribution in [3.63, 3.8) is 0 Å². The molecule has 0 radical (unpaired) electrons. The second-order valence-electron chi connectivity index (χ2n) is 9.14. The number of Topliss-reactive ketones (excluding diaryl/α,β-unsaturated/α-hetero) is 1. The van der Waals surface area contributed by atoms with Crippen LogP contribution in [0, 0.1) is 18.8 Å². The van der Waals surface area contributed by atoms with E-state index < -0.39 is 64.4 Å². The van der Waals surface area contributed by atoms with Crippen molar-refractivity contribution in [2.45, 2.75) is 66.2 Å². The number of benzene rings is 1. The highest BCUT2D eigenvalue weighted by molar-refractivity contribution is 7.90. The quantitative estimate of drug-likeness (QED) is 0.249. The summed E-state index contributed by atoms with van der Waals surface area (Å²) in [5.74, 6) is -5.23. The Bertz CT molecular complexity index is 1300. The molecule has 1 fully saturated rings. The van der Waals surface area contributed by atoms with Gasteiger partial charge in [-0.15, -0.1) is 23.0 Å². The van der Waals surface area contributed by atoms with Crippen LogP contribution in [0.3, 0.4) is 0 Å². The van der Waals surface area contributed by atoms with Crippen LogP contribution in [-0.2, 0) is 36.3 Å². The average molecular weight is 659 g/mol. The molecule has 1 saturated heterocycles. The Morgan fingerprint density at radius 3 is 2.22 bits per heavy atom. The number of hydrogen-bond acceptors (Lipinski definition) is 10. The number of rotatable bonds is 13. The number of morpholine rings is 1. The number of amides is 2. The zero-order valence-corrected chi connectivity index (χ0v) is 27.3. The Kier molecular flexibility index (Phi) is 20.6. The molecule has 1 aromatic heterocycles. The Labute approximate surface area is 264 Å². The van der Waals surface area contributed by atoms with Crippen LogP contribution in [0.1, 0.15) is 69.6 Å². The van der Waals surface area contributed by atoms with Crippen molar-refractivity contribution in [3.8, 4) is 18.6 Å². The zero-order chi connectivity index (χ0) is 34.4. The number of nitrogens with one attached hydrogen (secondary N) is 1. The lowest BCUT2D eigenvalue weighted by atomic mass is 10.1. The molecule has 12 nitrogen and oxygen atoms in total. The monoisotopic (exact) mass is 658 g/mol. The standard InChI is InChI=1S/C23H28F2N4O8S.C3H8.C2H6.C2H2/c1-2-19-27-28-22(37-19)17(30)12-26-21(32)16(11-20(31)29-7-9-35-10-8-29)14-38(33,34)13-15-5-3-4-6-18(15)36-23(24)25;1-3-2;2*1-2/h3-6,16,23H,2,7-14H2,1H3,(H,26,32);3H2,1-2H3;1-2H3;1-2H. The summed E-state index contributed by atoms with van der Waals surface area (Å²) in [6, 6.07) is 5.39. The van der Waals surface area contributed by atoms with Gasteiger partial charge in [-0.2, -0.15) is 8.78 Å². The van der Waals surface area contributed by atoms with E-state index in [4.69, 9.17) is 9.15 Å². The van der Waals surface area contributed by atoms with E-state index in [-0.39, 0.29) is 36.2 Å². The molecule has 0 saturated carbocycles. The van der Waals surface area contributed by atoms with E-state index in [0.29, 0.717) is 19.6 Å². The number of aromatic nitrogens is 2. The van der Waals surface area contributed by atoms with E-state index in [1.165, 1.54) is 35.6 Å². The number of ketones is 1. The minimum Gasteiger partial charge on any atom is -0.435 e. The molecular formula is C30H44F2N4O8S. The molecule has 45 heavy (non-hydrogen) atoms. The summed E-state index contributed by atoms with van der Waals surface area (Å²) in [7, 11) is -4.11. The third kappa shape index (κ3) is 15.6. The number of carbonyl (C=O) groups excluding carboxylic acids is 3. The third-order valence-corrected chi connectivity index (χ3v) is 7.27. The number of sulfone groups is 1. The molecule has 0 bridgehead atoms. The van der Waals surface area contributed by atoms with E-state index in [2.05, 4.69) is 46.9 Å². The lowest BCUT2D eigenvalue weighted by Gasteiger charge is -2.28. The van der Waals surface area contributed by atoms with Crippen molar-refractivity contribution in [2.24, 2.45) is 5.92 Å². The average Bonchev–Trinajstić information content (AvgIpc) is 3.52. The molecular weight excluding hydrogens is 614 g/mol. The van der Waals surface area contributed by atoms with E-state index >= 15 is 0 Å². The minimum absolute atomic E-state index is 0.0234. The first-order valence-electron chi connectivity index (χ1n) is 14.5. The van der Waals surface area contributed by atoms with Crippen LogP contribution in [-0.4, -0.2) is 86.3 Å². The lowest BCUT2D eigenvalue weighted by molar-refractivity contribution is -0.138. The van der Waals surface area contributed by atoms with Crippen molar-refractivity contribution in [1.82, 2.24) is 20.4 Å². The molecule has 2 amide bonds. The molecule has 1 atom stereocenters. The van der Waals surface area contributed by atoms with Gasteiger partial charge in [0.25, 0.3) is 5.89 Å². The van der Waals surface area contributed by atoms with Gasteiger partial charge in [-0.1, -0.05) is 59.2 Å². The predicted molar refractivity (Wildman–Crippen MR) is 164 cm³/mol. The molecule has 1 aliphatic heterocycles. The number of carbonyl (C=O) groups is 3. The second kappa shape index (κ2) is 22.6. The van der Waals surface area contributed by atoms with Gasteiger partial charge in [-0.05, 0) is 6.07 Å². The number of hydrogen-bond donors (Lipinski definition) is 1. The van der Waals surface area contributed by atoms with Crippen LogP contribution in [0.25, 0.3) is 0 Å². The first-order valence-corrected chi connectivity index (χ1v) is 16.4. The van der Waals surface area contributed by atoms with Gasteiger partial charge in [0.1, 0.15) is 5.75 Å². The van der Waals surface area contributed by atoms with Gasteiger partial charge in [0.2, 0.25) is 23.5 Å². The Morgan fingerprint density at radius 2 is 1.67 bits per heavy atom. The smallest absolute Gasteiger partial charge is 0.387 e. The number of para-hydroxylation sites is 1. The summed E-state index contributed by atoms with van der Waals surface area (Å²) in [6.45, 7) is 7.46. The number of alkyl halides is 2. The molecule has 2 heterocycles. The van der Waals surface area contributed by atoms with Crippen molar-refractivity contribution in [1.29, 1.82) is 0 Å². The van der Waals surface area contributed by atoms with Gasteiger partial charge in [0, 0.05) is 31.5 Å². The molecule has 1 unspecified atom stereocenters. The third-order valence-electron chi connectivity index (χ3n) is 5.61. The number of ether oxygens (including phenoxy) is 2. The first kappa shape index (κ1) is 41.1. The fourth-order valence-electron chi connectivity index (χ4n) is 3.71. The normalized spacial score (nSPS) is 13.1. The van der Waals surface area contributed by atoms with Crippen molar-refractivity contribution < 1.29 is 45.5 Å². The fourth-order valence-corrected chi connectivity index (χ4v) is 5.43. The van der Waals surface area contributed by atoms with Crippen LogP contribution < -0.4 is 10.1 Å². The summed E-state index contributed by atoms with van der Waals surface area (Å²) in [5, 5.41) is 9.62. The van der Waals surface area contributed by atoms with E-state index in [1.54, 1.807) is 6.92 Å². The predicted octanol–water partition coefficient (Wildman–Crippen LogP) is 3.70. The van der Waals surface area contributed by atoms with Crippen LogP contribution >= 0.6 is 0 Å². The first-order chi connectivity index (χ1) is 21.5. The largest absolute Gasteiger partial charge is 0.435 e. The maximum Gasteiger partial charge on any atom is 0.387 e. The molecule has 0 spiro atoms.